The topological polar surface area (TPSA) is 87.5 Å². The molecule has 7 nitrogen and oxygen atoms in total. The van der Waals surface area contributed by atoms with Crippen molar-refractivity contribution in [2.45, 2.75) is 33.1 Å². The SMILES string of the molecule is CCCNC(=O)C1CCN(CC(=O)Nc2cc(C)on2)CC1. The van der Waals surface area contributed by atoms with E-state index >= 15 is 0 Å². The standard InChI is InChI=1S/C15H24N4O3/c1-3-6-16-15(21)12-4-7-19(8-5-12)10-14(20)17-13-9-11(2)22-18-13/h9,12H,3-8,10H2,1-2H3,(H,16,21)(H,17,18,20). The molecule has 0 spiro atoms. The third kappa shape index (κ3) is 4.84. The number of aromatic nitrogens is 1. The van der Waals surface area contributed by atoms with Crippen LogP contribution in [0, 0.1) is 12.8 Å². The van der Waals surface area contributed by atoms with Crippen molar-refractivity contribution in [3.8, 4) is 0 Å². The van der Waals surface area contributed by atoms with Gasteiger partial charge in [0.15, 0.2) is 5.82 Å². The van der Waals surface area contributed by atoms with Gasteiger partial charge in [0.2, 0.25) is 11.8 Å². The average molecular weight is 308 g/mol. The number of carbonyl (C=O) groups is 2. The monoisotopic (exact) mass is 308 g/mol. The summed E-state index contributed by atoms with van der Waals surface area (Å²) in [6.07, 6.45) is 2.55. The molecule has 0 unspecified atom stereocenters. The molecule has 7 heteroatoms. The first-order chi connectivity index (χ1) is 10.6. The van der Waals surface area contributed by atoms with E-state index in [1.807, 2.05) is 6.92 Å². The number of hydrogen-bond acceptors (Lipinski definition) is 5. The maximum atomic E-state index is 11.9. The van der Waals surface area contributed by atoms with Crippen LogP contribution in [0.4, 0.5) is 5.82 Å². The van der Waals surface area contributed by atoms with Crippen LogP contribution in [-0.2, 0) is 9.59 Å². The third-order valence-electron chi connectivity index (χ3n) is 3.77. The first-order valence-electron chi connectivity index (χ1n) is 7.81. The third-order valence-corrected chi connectivity index (χ3v) is 3.77. The minimum absolute atomic E-state index is 0.0732. The van der Waals surface area contributed by atoms with Crippen LogP contribution >= 0.6 is 0 Å². The highest BCUT2D eigenvalue weighted by molar-refractivity contribution is 5.91. The molecular weight excluding hydrogens is 284 g/mol. The van der Waals surface area contributed by atoms with Gasteiger partial charge in [0, 0.05) is 18.5 Å². The second-order valence-electron chi connectivity index (χ2n) is 5.71. The molecule has 1 aromatic heterocycles. The quantitative estimate of drug-likeness (QED) is 0.823. The molecular formula is C15H24N4O3. The van der Waals surface area contributed by atoms with E-state index in [1.54, 1.807) is 13.0 Å². The van der Waals surface area contributed by atoms with Crippen LogP contribution in [0.5, 0.6) is 0 Å². The van der Waals surface area contributed by atoms with Crippen molar-refractivity contribution in [1.82, 2.24) is 15.4 Å². The summed E-state index contributed by atoms with van der Waals surface area (Å²) in [7, 11) is 0. The zero-order valence-corrected chi connectivity index (χ0v) is 13.2. The Balaban J connectivity index is 1.70. The summed E-state index contributed by atoms with van der Waals surface area (Å²) < 4.78 is 4.91. The van der Waals surface area contributed by atoms with E-state index in [-0.39, 0.29) is 17.7 Å². The van der Waals surface area contributed by atoms with Gasteiger partial charge in [-0.1, -0.05) is 12.1 Å². The van der Waals surface area contributed by atoms with E-state index in [0.29, 0.717) is 18.1 Å². The van der Waals surface area contributed by atoms with Crippen molar-refractivity contribution < 1.29 is 14.1 Å². The fourth-order valence-electron chi connectivity index (χ4n) is 2.56. The zero-order chi connectivity index (χ0) is 15.9. The van der Waals surface area contributed by atoms with Crippen molar-refractivity contribution in [2.75, 3.05) is 31.5 Å². The molecule has 1 aliphatic rings. The Hall–Kier alpha value is -1.89. The number of amides is 2. The van der Waals surface area contributed by atoms with E-state index in [4.69, 9.17) is 4.52 Å². The van der Waals surface area contributed by atoms with Gasteiger partial charge in [0.1, 0.15) is 5.76 Å². The first-order valence-corrected chi connectivity index (χ1v) is 7.81. The van der Waals surface area contributed by atoms with Crippen LogP contribution in [0.2, 0.25) is 0 Å². The molecule has 0 saturated carbocycles. The molecule has 2 amide bonds. The fourth-order valence-corrected chi connectivity index (χ4v) is 2.56. The van der Waals surface area contributed by atoms with Gasteiger partial charge in [0.25, 0.3) is 0 Å². The number of nitrogens with one attached hydrogen (secondary N) is 2. The van der Waals surface area contributed by atoms with Gasteiger partial charge in [-0.15, -0.1) is 0 Å². The lowest BCUT2D eigenvalue weighted by atomic mass is 9.96. The van der Waals surface area contributed by atoms with Gasteiger partial charge in [-0.2, -0.15) is 0 Å². The Kier molecular flexibility index (Phi) is 5.94. The summed E-state index contributed by atoms with van der Waals surface area (Å²) in [5.41, 5.74) is 0. The molecule has 2 heterocycles. The van der Waals surface area contributed by atoms with Gasteiger partial charge in [-0.3, -0.25) is 14.5 Å². The highest BCUT2D eigenvalue weighted by Gasteiger charge is 2.25. The highest BCUT2D eigenvalue weighted by Crippen LogP contribution is 2.17. The largest absolute Gasteiger partial charge is 0.360 e. The van der Waals surface area contributed by atoms with Crippen molar-refractivity contribution in [3.05, 3.63) is 11.8 Å². The lowest BCUT2D eigenvalue weighted by molar-refractivity contribution is -0.126. The van der Waals surface area contributed by atoms with Crippen LogP contribution < -0.4 is 10.6 Å². The molecule has 2 rings (SSSR count). The Morgan fingerprint density at radius 3 is 2.73 bits per heavy atom. The number of rotatable bonds is 6. The van der Waals surface area contributed by atoms with Crippen LogP contribution in [0.15, 0.2) is 10.6 Å². The Labute approximate surface area is 130 Å². The summed E-state index contributed by atoms with van der Waals surface area (Å²) in [4.78, 5) is 25.9. The Morgan fingerprint density at radius 1 is 1.41 bits per heavy atom. The van der Waals surface area contributed by atoms with Crippen LogP contribution in [0.1, 0.15) is 31.9 Å². The number of hydrogen-bond donors (Lipinski definition) is 2. The van der Waals surface area contributed by atoms with Crippen LogP contribution in [0.25, 0.3) is 0 Å². The van der Waals surface area contributed by atoms with Crippen molar-refractivity contribution >= 4 is 17.6 Å². The van der Waals surface area contributed by atoms with Gasteiger partial charge in [0.05, 0.1) is 6.54 Å². The fraction of sp³-hybridized carbons (Fsp3) is 0.667. The average Bonchev–Trinajstić information content (AvgIpc) is 2.90. The van der Waals surface area contributed by atoms with Crippen LogP contribution in [0.3, 0.4) is 0 Å². The van der Waals surface area contributed by atoms with Gasteiger partial charge >= 0.3 is 0 Å². The zero-order valence-electron chi connectivity index (χ0n) is 13.2. The molecule has 0 aromatic carbocycles. The summed E-state index contributed by atoms with van der Waals surface area (Å²) in [5, 5.41) is 9.38. The molecule has 122 valence electrons. The van der Waals surface area contributed by atoms with E-state index in [9.17, 15) is 9.59 Å². The number of piperidine rings is 1. The smallest absolute Gasteiger partial charge is 0.239 e. The molecule has 1 aromatic rings. The van der Waals surface area contributed by atoms with Crippen LogP contribution in [-0.4, -0.2) is 48.0 Å². The number of anilines is 1. The molecule has 22 heavy (non-hydrogen) atoms. The lowest BCUT2D eigenvalue weighted by Crippen LogP contribution is -2.43. The number of aryl methyl sites for hydroxylation is 1. The predicted octanol–water partition coefficient (Wildman–Crippen LogP) is 1.16. The summed E-state index contributed by atoms with van der Waals surface area (Å²) >= 11 is 0. The molecule has 0 aliphatic carbocycles. The number of likely N-dealkylation sites (tertiary alicyclic amines) is 1. The molecule has 0 bridgehead atoms. The van der Waals surface area contributed by atoms with Gasteiger partial charge in [-0.25, -0.2) is 0 Å². The van der Waals surface area contributed by atoms with Crippen molar-refractivity contribution in [2.24, 2.45) is 5.92 Å². The second kappa shape index (κ2) is 7.93. The minimum atomic E-state index is -0.109. The highest BCUT2D eigenvalue weighted by atomic mass is 16.5. The van der Waals surface area contributed by atoms with E-state index in [2.05, 4.69) is 20.7 Å². The van der Waals surface area contributed by atoms with Gasteiger partial charge < -0.3 is 15.2 Å². The maximum Gasteiger partial charge on any atom is 0.239 e. The molecule has 1 aliphatic heterocycles. The molecule has 2 N–H and O–H groups in total. The molecule has 0 radical (unpaired) electrons. The van der Waals surface area contributed by atoms with E-state index < -0.39 is 0 Å². The lowest BCUT2D eigenvalue weighted by Gasteiger charge is -2.30. The van der Waals surface area contributed by atoms with Crippen molar-refractivity contribution in [1.29, 1.82) is 0 Å². The summed E-state index contributed by atoms with van der Waals surface area (Å²) in [6, 6.07) is 1.68. The van der Waals surface area contributed by atoms with Gasteiger partial charge in [-0.05, 0) is 39.3 Å². The van der Waals surface area contributed by atoms with Crippen molar-refractivity contribution in [3.63, 3.8) is 0 Å². The van der Waals surface area contributed by atoms with E-state index in [0.717, 1.165) is 38.9 Å². The first kappa shape index (κ1) is 16.5. The van der Waals surface area contributed by atoms with E-state index in [1.165, 1.54) is 0 Å². The molecule has 1 fully saturated rings. The number of carbonyl (C=O) groups excluding carboxylic acids is 2. The Morgan fingerprint density at radius 2 is 2.14 bits per heavy atom. The summed E-state index contributed by atoms with van der Waals surface area (Å²) in [6.45, 7) is 6.38. The second-order valence-corrected chi connectivity index (χ2v) is 5.71. The molecule has 1 saturated heterocycles. The molecule has 0 atom stereocenters. The summed E-state index contributed by atoms with van der Waals surface area (Å²) in [5.74, 6) is 1.21. The normalized spacial score (nSPS) is 16.5. The predicted molar refractivity (Wildman–Crippen MR) is 82.3 cm³/mol. The maximum absolute atomic E-state index is 11.9. The number of nitrogens with zero attached hydrogens (tertiary/aromatic N) is 2. The Bertz CT molecular complexity index is 507. The minimum Gasteiger partial charge on any atom is -0.360 e.